The van der Waals surface area contributed by atoms with Gasteiger partial charge in [-0.1, -0.05) is 78.0 Å². The number of fused-ring (bicyclic) bond motifs is 1. The zero-order valence-corrected chi connectivity index (χ0v) is 19.0. The number of thioether (sulfide) groups is 1. The van der Waals surface area contributed by atoms with Crippen molar-refractivity contribution in [2.24, 2.45) is 0 Å². The minimum Gasteiger partial charge on any atom is -0.306 e. The van der Waals surface area contributed by atoms with Crippen LogP contribution in [0.4, 0.5) is 0 Å². The summed E-state index contributed by atoms with van der Waals surface area (Å²) in [5, 5.41) is 12.6. The highest BCUT2D eigenvalue weighted by molar-refractivity contribution is 7.99. The predicted molar refractivity (Wildman–Crippen MR) is 128 cm³/mol. The molecule has 0 aliphatic heterocycles. The summed E-state index contributed by atoms with van der Waals surface area (Å²) in [5.41, 5.74) is 2.29. The van der Waals surface area contributed by atoms with Gasteiger partial charge < -0.3 is 4.57 Å². The van der Waals surface area contributed by atoms with E-state index in [1.54, 1.807) is 0 Å². The largest absolute Gasteiger partial charge is 0.306 e. The van der Waals surface area contributed by atoms with Crippen LogP contribution in [0, 0.1) is 0 Å². The van der Waals surface area contributed by atoms with E-state index in [0.29, 0.717) is 12.2 Å². The van der Waals surface area contributed by atoms with Crippen LogP contribution in [0.1, 0.15) is 23.9 Å². The first-order valence-corrected chi connectivity index (χ1v) is 11.8. The molecular formula is C25H24ClN3OS. The summed E-state index contributed by atoms with van der Waals surface area (Å²) < 4.78 is 2.10. The summed E-state index contributed by atoms with van der Waals surface area (Å²) in [6.07, 6.45) is 2.10. The summed E-state index contributed by atoms with van der Waals surface area (Å²) in [6, 6.07) is 22.2. The van der Waals surface area contributed by atoms with Gasteiger partial charge in [-0.05, 0) is 47.4 Å². The van der Waals surface area contributed by atoms with Crippen molar-refractivity contribution >= 4 is 39.9 Å². The predicted octanol–water partition coefficient (Wildman–Crippen LogP) is 5.79. The van der Waals surface area contributed by atoms with Gasteiger partial charge in [0.15, 0.2) is 5.16 Å². The molecule has 4 nitrogen and oxygen atoms in total. The van der Waals surface area contributed by atoms with Crippen LogP contribution in [0.3, 0.4) is 0 Å². The maximum Gasteiger partial charge on any atom is 0.191 e. The lowest BCUT2D eigenvalue weighted by Crippen LogP contribution is -2.09. The first kappa shape index (κ1) is 21.6. The molecule has 0 saturated heterocycles. The number of halogens is 1. The topological polar surface area (TPSA) is 47.8 Å². The molecule has 0 aliphatic carbocycles. The van der Waals surface area contributed by atoms with Crippen molar-refractivity contribution in [2.45, 2.75) is 37.9 Å². The van der Waals surface area contributed by atoms with Gasteiger partial charge in [-0.15, -0.1) is 10.2 Å². The molecule has 1 heterocycles. The molecule has 4 aromatic rings. The number of ketones is 1. The number of aryl methyl sites for hydroxylation is 2. The van der Waals surface area contributed by atoms with Gasteiger partial charge in [0.2, 0.25) is 0 Å². The summed E-state index contributed by atoms with van der Waals surface area (Å²) in [5.74, 6) is 1.52. The third kappa shape index (κ3) is 5.35. The van der Waals surface area contributed by atoms with Crippen molar-refractivity contribution in [1.29, 1.82) is 0 Å². The Morgan fingerprint density at radius 1 is 0.968 bits per heavy atom. The van der Waals surface area contributed by atoms with Crippen LogP contribution in [0.2, 0.25) is 5.02 Å². The Labute approximate surface area is 191 Å². The normalized spacial score (nSPS) is 11.2. The molecule has 0 spiro atoms. The standard InChI is InChI=1S/C25H24ClN3OS/c1-2-29-24(15-12-18-10-13-21(26)14-11-18)27-28-25(29)31-17-22(30)16-20-8-5-7-19-6-3-4-9-23(19)20/h3-11,13-14H,2,12,15-17H2,1H3. The minimum absolute atomic E-state index is 0.190. The van der Waals surface area contributed by atoms with Crippen molar-refractivity contribution < 1.29 is 4.79 Å². The molecule has 0 saturated carbocycles. The Hall–Kier alpha value is -2.63. The van der Waals surface area contributed by atoms with Crippen LogP contribution in [0.5, 0.6) is 0 Å². The molecule has 4 rings (SSSR count). The van der Waals surface area contributed by atoms with Gasteiger partial charge in [0.05, 0.1) is 5.75 Å². The van der Waals surface area contributed by atoms with E-state index < -0.39 is 0 Å². The van der Waals surface area contributed by atoms with E-state index in [0.717, 1.165) is 51.7 Å². The molecule has 3 aromatic carbocycles. The molecule has 0 aliphatic rings. The number of aromatic nitrogens is 3. The quantitative estimate of drug-likeness (QED) is 0.303. The van der Waals surface area contributed by atoms with Gasteiger partial charge in [0, 0.05) is 24.4 Å². The van der Waals surface area contributed by atoms with Crippen molar-refractivity contribution in [3.05, 3.63) is 88.7 Å². The highest BCUT2D eigenvalue weighted by Crippen LogP contribution is 2.22. The van der Waals surface area contributed by atoms with E-state index in [1.807, 2.05) is 48.5 Å². The number of hydrogen-bond acceptors (Lipinski definition) is 4. The lowest BCUT2D eigenvalue weighted by atomic mass is 10.0. The Kier molecular flexibility index (Phi) is 7.05. The van der Waals surface area contributed by atoms with E-state index in [9.17, 15) is 4.79 Å². The van der Waals surface area contributed by atoms with E-state index in [1.165, 1.54) is 17.3 Å². The number of rotatable bonds is 9. The number of benzene rings is 3. The van der Waals surface area contributed by atoms with Gasteiger partial charge in [-0.3, -0.25) is 4.79 Å². The fraction of sp³-hybridized carbons (Fsp3) is 0.240. The average molecular weight is 450 g/mol. The van der Waals surface area contributed by atoms with E-state index in [-0.39, 0.29) is 5.78 Å². The number of carbonyl (C=O) groups excluding carboxylic acids is 1. The van der Waals surface area contributed by atoms with Crippen LogP contribution in [-0.4, -0.2) is 26.3 Å². The van der Waals surface area contributed by atoms with Crippen LogP contribution < -0.4 is 0 Å². The first-order valence-electron chi connectivity index (χ1n) is 10.4. The lowest BCUT2D eigenvalue weighted by Gasteiger charge is -2.08. The van der Waals surface area contributed by atoms with Gasteiger partial charge in [-0.25, -0.2) is 0 Å². The molecule has 0 unspecified atom stereocenters. The summed E-state index contributed by atoms with van der Waals surface area (Å²) in [7, 11) is 0. The van der Waals surface area contributed by atoms with Crippen LogP contribution in [-0.2, 0) is 30.6 Å². The monoisotopic (exact) mass is 449 g/mol. The molecular weight excluding hydrogens is 426 g/mol. The minimum atomic E-state index is 0.190. The van der Waals surface area contributed by atoms with Crippen molar-refractivity contribution in [2.75, 3.05) is 5.75 Å². The van der Waals surface area contributed by atoms with Crippen molar-refractivity contribution in [3.63, 3.8) is 0 Å². The first-order chi connectivity index (χ1) is 15.1. The molecule has 1 aromatic heterocycles. The maximum atomic E-state index is 12.7. The Morgan fingerprint density at radius 2 is 1.74 bits per heavy atom. The number of Topliss-reactive ketones (excluding diaryl/α,β-unsaturated/α-hetero) is 1. The second-order valence-electron chi connectivity index (χ2n) is 7.41. The summed E-state index contributed by atoms with van der Waals surface area (Å²) in [6.45, 7) is 2.86. The number of carbonyl (C=O) groups is 1. The Morgan fingerprint density at radius 3 is 2.55 bits per heavy atom. The molecule has 0 amide bonds. The van der Waals surface area contributed by atoms with Crippen LogP contribution in [0.15, 0.2) is 71.9 Å². The van der Waals surface area contributed by atoms with Crippen molar-refractivity contribution in [1.82, 2.24) is 14.8 Å². The van der Waals surface area contributed by atoms with Gasteiger partial charge in [-0.2, -0.15) is 0 Å². The van der Waals surface area contributed by atoms with E-state index in [2.05, 4.69) is 39.9 Å². The number of hydrogen-bond donors (Lipinski definition) is 0. The average Bonchev–Trinajstić information content (AvgIpc) is 3.19. The van der Waals surface area contributed by atoms with E-state index >= 15 is 0 Å². The SMILES string of the molecule is CCn1c(CCc2ccc(Cl)cc2)nnc1SCC(=O)Cc1cccc2ccccc12. The van der Waals surface area contributed by atoms with E-state index in [4.69, 9.17) is 11.6 Å². The fourth-order valence-electron chi connectivity index (χ4n) is 3.69. The Balaban J connectivity index is 1.37. The fourth-order valence-corrected chi connectivity index (χ4v) is 4.70. The molecule has 31 heavy (non-hydrogen) atoms. The third-order valence-electron chi connectivity index (χ3n) is 5.29. The molecule has 0 radical (unpaired) electrons. The van der Waals surface area contributed by atoms with Crippen molar-refractivity contribution in [3.8, 4) is 0 Å². The lowest BCUT2D eigenvalue weighted by molar-refractivity contribution is -0.115. The molecule has 0 bridgehead atoms. The van der Waals surface area contributed by atoms with Gasteiger partial charge >= 0.3 is 0 Å². The molecule has 158 valence electrons. The van der Waals surface area contributed by atoms with Crippen LogP contribution >= 0.6 is 23.4 Å². The molecule has 6 heteroatoms. The molecule has 0 N–H and O–H groups in total. The molecule has 0 fully saturated rings. The maximum absolute atomic E-state index is 12.7. The smallest absolute Gasteiger partial charge is 0.191 e. The zero-order chi connectivity index (χ0) is 21.6. The highest BCUT2D eigenvalue weighted by Gasteiger charge is 2.14. The summed E-state index contributed by atoms with van der Waals surface area (Å²) in [4.78, 5) is 12.7. The Bertz CT molecular complexity index is 1180. The van der Waals surface area contributed by atoms with Gasteiger partial charge in [0.25, 0.3) is 0 Å². The van der Waals surface area contributed by atoms with Crippen LogP contribution in [0.25, 0.3) is 10.8 Å². The number of nitrogens with zero attached hydrogens (tertiary/aromatic N) is 3. The zero-order valence-electron chi connectivity index (χ0n) is 17.4. The van der Waals surface area contributed by atoms with Gasteiger partial charge in [0.1, 0.15) is 11.6 Å². The third-order valence-corrected chi connectivity index (χ3v) is 6.57. The summed E-state index contributed by atoms with van der Waals surface area (Å²) >= 11 is 7.43. The highest BCUT2D eigenvalue weighted by atomic mass is 35.5. The second-order valence-corrected chi connectivity index (χ2v) is 8.79. The molecule has 0 atom stereocenters. The second kappa shape index (κ2) is 10.1.